The molecule has 2 N–H and O–H groups in total. The van der Waals surface area contributed by atoms with E-state index in [4.69, 9.17) is 23.2 Å². The summed E-state index contributed by atoms with van der Waals surface area (Å²) in [4.78, 5) is 26.6. The molecule has 2 rings (SSSR count). The molecule has 0 bridgehead atoms. The molecule has 0 spiro atoms. The van der Waals surface area contributed by atoms with E-state index in [1.807, 2.05) is 0 Å². The van der Waals surface area contributed by atoms with Crippen LogP contribution in [0.2, 0.25) is 10.3 Å². The number of halogens is 2. The second-order valence-electron chi connectivity index (χ2n) is 3.99. The highest BCUT2D eigenvalue weighted by Crippen LogP contribution is 2.16. The Bertz CT molecular complexity index is 493. The molecule has 1 aliphatic rings. The first-order valence-corrected chi connectivity index (χ1v) is 6.21. The molecule has 1 aromatic rings. The van der Waals surface area contributed by atoms with Gasteiger partial charge in [-0.2, -0.15) is 0 Å². The van der Waals surface area contributed by atoms with Gasteiger partial charge in [-0.15, -0.1) is 0 Å². The second kappa shape index (κ2) is 5.54. The van der Waals surface area contributed by atoms with Crippen LogP contribution >= 0.6 is 23.2 Å². The molecule has 0 aromatic carbocycles. The lowest BCUT2D eigenvalue weighted by molar-refractivity contribution is -0.119. The average Bonchev–Trinajstić information content (AvgIpc) is 2.72. The normalized spacial score (nSPS) is 18.6. The van der Waals surface area contributed by atoms with Crippen LogP contribution in [0.15, 0.2) is 12.1 Å². The zero-order valence-corrected chi connectivity index (χ0v) is 10.9. The summed E-state index contributed by atoms with van der Waals surface area (Å²) in [6.07, 6.45) is 1.23. The Morgan fingerprint density at radius 1 is 1.50 bits per heavy atom. The fourth-order valence-corrected chi connectivity index (χ4v) is 2.15. The number of rotatable bonds is 3. The molecule has 0 radical (unpaired) electrons. The van der Waals surface area contributed by atoms with E-state index in [2.05, 4.69) is 15.6 Å². The van der Waals surface area contributed by atoms with Crippen LogP contribution in [-0.4, -0.2) is 29.4 Å². The van der Waals surface area contributed by atoms with Gasteiger partial charge in [0.25, 0.3) is 5.91 Å². The molecule has 1 atom stereocenters. The van der Waals surface area contributed by atoms with Crippen molar-refractivity contribution in [2.45, 2.75) is 18.9 Å². The maximum absolute atomic E-state index is 11.8. The molecule has 0 saturated carbocycles. The van der Waals surface area contributed by atoms with Gasteiger partial charge in [0, 0.05) is 19.0 Å². The van der Waals surface area contributed by atoms with Crippen molar-refractivity contribution < 1.29 is 9.59 Å². The van der Waals surface area contributed by atoms with Crippen LogP contribution in [0, 0.1) is 0 Å². The van der Waals surface area contributed by atoms with Crippen molar-refractivity contribution in [1.82, 2.24) is 15.6 Å². The number of amides is 2. The summed E-state index contributed by atoms with van der Waals surface area (Å²) in [6.45, 7) is 0.379. The molecule has 2 amide bonds. The van der Waals surface area contributed by atoms with Crippen LogP contribution in [-0.2, 0) is 4.79 Å². The van der Waals surface area contributed by atoms with Gasteiger partial charge >= 0.3 is 0 Å². The second-order valence-corrected chi connectivity index (χ2v) is 4.73. The average molecular weight is 288 g/mol. The van der Waals surface area contributed by atoms with Crippen molar-refractivity contribution >= 4 is 35.0 Å². The fraction of sp³-hybridized carbons (Fsp3) is 0.364. The first kappa shape index (κ1) is 13.1. The molecule has 5 nitrogen and oxygen atoms in total. The molecule has 1 aliphatic heterocycles. The van der Waals surface area contributed by atoms with E-state index in [1.165, 1.54) is 12.1 Å². The molecule has 96 valence electrons. The van der Waals surface area contributed by atoms with Crippen molar-refractivity contribution in [2.24, 2.45) is 0 Å². The van der Waals surface area contributed by atoms with Gasteiger partial charge in [-0.3, -0.25) is 9.59 Å². The molecule has 0 aliphatic carbocycles. The molecule has 1 aromatic heterocycles. The van der Waals surface area contributed by atoms with Crippen molar-refractivity contribution in [3.8, 4) is 0 Å². The van der Waals surface area contributed by atoms with Crippen LogP contribution < -0.4 is 10.6 Å². The third kappa shape index (κ3) is 3.11. The minimum absolute atomic E-state index is 0.0134. The monoisotopic (exact) mass is 287 g/mol. The Hall–Kier alpha value is -1.33. The summed E-state index contributed by atoms with van der Waals surface area (Å²) in [5, 5.41) is 5.76. The van der Waals surface area contributed by atoms with Gasteiger partial charge in [-0.1, -0.05) is 23.2 Å². The minimum Gasteiger partial charge on any atom is -0.352 e. The largest absolute Gasteiger partial charge is 0.352 e. The van der Waals surface area contributed by atoms with E-state index < -0.39 is 0 Å². The van der Waals surface area contributed by atoms with Crippen molar-refractivity contribution in [2.75, 3.05) is 6.54 Å². The number of hydrogen-bond acceptors (Lipinski definition) is 3. The Morgan fingerprint density at radius 2 is 2.28 bits per heavy atom. The first-order valence-electron chi connectivity index (χ1n) is 5.46. The van der Waals surface area contributed by atoms with Crippen LogP contribution in [0.3, 0.4) is 0 Å². The lowest BCUT2D eigenvalue weighted by Crippen LogP contribution is -2.38. The standard InChI is InChI=1S/C11H11Cl2N3O2/c12-8-3-2-7(10(13)16-8)11(18)14-5-6-1-4-9(17)15-6/h2-3,6H,1,4-5H2,(H,14,18)(H,15,17). The summed E-state index contributed by atoms with van der Waals surface area (Å²) in [7, 11) is 0. The summed E-state index contributed by atoms with van der Waals surface area (Å²) in [6, 6.07) is 3.00. The van der Waals surface area contributed by atoms with Crippen LogP contribution in [0.1, 0.15) is 23.2 Å². The van der Waals surface area contributed by atoms with Crippen LogP contribution in [0.4, 0.5) is 0 Å². The van der Waals surface area contributed by atoms with Crippen LogP contribution in [0.25, 0.3) is 0 Å². The van der Waals surface area contributed by atoms with E-state index in [0.29, 0.717) is 13.0 Å². The minimum atomic E-state index is -0.328. The highest BCUT2D eigenvalue weighted by atomic mass is 35.5. The number of pyridine rings is 1. The predicted octanol–water partition coefficient (Wildman–Crippen LogP) is 1.40. The van der Waals surface area contributed by atoms with Crippen molar-refractivity contribution in [3.63, 3.8) is 0 Å². The number of hydrogen-bond donors (Lipinski definition) is 2. The Kier molecular flexibility index (Phi) is 4.04. The molecule has 2 heterocycles. The number of nitrogens with zero attached hydrogens (tertiary/aromatic N) is 1. The van der Waals surface area contributed by atoms with Gasteiger partial charge in [0.2, 0.25) is 5.91 Å². The summed E-state index contributed by atoms with van der Waals surface area (Å²) in [5.74, 6) is -0.314. The first-order chi connectivity index (χ1) is 8.56. The predicted molar refractivity (Wildman–Crippen MR) is 67.8 cm³/mol. The van der Waals surface area contributed by atoms with Gasteiger partial charge < -0.3 is 10.6 Å². The zero-order chi connectivity index (χ0) is 13.1. The fourth-order valence-electron chi connectivity index (χ4n) is 1.72. The van der Waals surface area contributed by atoms with Gasteiger partial charge in [-0.05, 0) is 18.6 Å². The molecule has 1 saturated heterocycles. The smallest absolute Gasteiger partial charge is 0.254 e. The summed E-state index contributed by atoms with van der Waals surface area (Å²) < 4.78 is 0. The lowest BCUT2D eigenvalue weighted by atomic mass is 10.2. The molecular formula is C11H11Cl2N3O2. The molecule has 1 fully saturated rings. The quantitative estimate of drug-likeness (QED) is 0.826. The Morgan fingerprint density at radius 3 is 2.89 bits per heavy atom. The third-order valence-corrected chi connectivity index (χ3v) is 3.15. The van der Waals surface area contributed by atoms with E-state index in [9.17, 15) is 9.59 Å². The van der Waals surface area contributed by atoms with Gasteiger partial charge in [-0.25, -0.2) is 4.98 Å². The lowest BCUT2D eigenvalue weighted by Gasteiger charge is -2.11. The number of aromatic nitrogens is 1. The molecule has 1 unspecified atom stereocenters. The highest BCUT2D eigenvalue weighted by Gasteiger charge is 2.21. The number of carbonyl (C=O) groups excluding carboxylic acids is 2. The van der Waals surface area contributed by atoms with Crippen molar-refractivity contribution in [3.05, 3.63) is 28.0 Å². The SMILES string of the molecule is O=C1CCC(CNC(=O)c2ccc(Cl)nc2Cl)N1. The molecule has 7 heteroatoms. The third-order valence-electron chi connectivity index (χ3n) is 2.65. The van der Waals surface area contributed by atoms with Crippen molar-refractivity contribution in [1.29, 1.82) is 0 Å². The molecular weight excluding hydrogens is 277 g/mol. The highest BCUT2D eigenvalue weighted by molar-refractivity contribution is 6.34. The van der Waals surface area contributed by atoms with Crippen LogP contribution in [0.5, 0.6) is 0 Å². The van der Waals surface area contributed by atoms with Gasteiger partial charge in [0.05, 0.1) is 5.56 Å². The molecule has 18 heavy (non-hydrogen) atoms. The maximum atomic E-state index is 11.8. The Labute approximate surface area is 114 Å². The van der Waals surface area contributed by atoms with Gasteiger partial charge in [0.1, 0.15) is 10.3 Å². The van der Waals surface area contributed by atoms with E-state index in [1.54, 1.807) is 0 Å². The summed E-state index contributed by atoms with van der Waals surface area (Å²) in [5.41, 5.74) is 0.269. The van der Waals surface area contributed by atoms with E-state index in [-0.39, 0.29) is 33.7 Å². The number of nitrogens with one attached hydrogen (secondary N) is 2. The van der Waals surface area contributed by atoms with E-state index >= 15 is 0 Å². The number of carbonyl (C=O) groups is 2. The Balaban J connectivity index is 1.93. The summed E-state index contributed by atoms with van der Waals surface area (Å²) >= 11 is 11.5. The topological polar surface area (TPSA) is 71.1 Å². The zero-order valence-electron chi connectivity index (χ0n) is 9.37. The maximum Gasteiger partial charge on any atom is 0.254 e. The van der Waals surface area contributed by atoms with Gasteiger partial charge in [0.15, 0.2) is 0 Å². The van der Waals surface area contributed by atoms with E-state index in [0.717, 1.165) is 6.42 Å².